The van der Waals surface area contributed by atoms with Crippen LogP contribution in [0, 0.1) is 12.8 Å². The Morgan fingerprint density at radius 3 is 2.69 bits per heavy atom. The summed E-state index contributed by atoms with van der Waals surface area (Å²) in [4.78, 5) is 37.3. The van der Waals surface area contributed by atoms with Gasteiger partial charge in [0.05, 0.1) is 11.5 Å². The highest BCUT2D eigenvalue weighted by atomic mass is 35.5. The molecule has 0 spiro atoms. The van der Waals surface area contributed by atoms with E-state index < -0.39 is 11.9 Å². The molecular formula is C19H17ClN2O4. The number of aromatic carboxylic acids is 1. The summed E-state index contributed by atoms with van der Waals surface area (Å²) >= 11 is 6.12. The molecule has 26 heavy (non-hydrogen) atoms. The second-order valence-electron chi connectivity index (χ2n) is 6.21. The number of nitrogens with one attached hydrogen (secondary N) is 1. The number of carbonyl (C=O) groups excluding carboxylic acids is 2. The molecule has 3 rings (SSSR count). The standard InChI is InChI=1S/C19H17ClN2O4/c1-11-5-6-15(9-16(11)20)22-10-13(8-17(22)23)18(24)21-14-4-2-3-12(7-14)19(25)26/h2-7,9,13H,8,10H2,1H3,(H,21,24)(H,25,26)/t13-/m1/s1. The van der Waals surface area contributed by atoms with Gasteiger partial charge in [0, 0.05) is 29.4 Å². The van der Waals surface area contributed by atoms with Gasteiger partial charge in [0.25, 0.3) is 0 Å². The van der Waals surface area contributed by atoms with Crippen LogP contribution < -0.4 is 10.2 Å². The van der Waals surface area contributed by atoms with E-state index in [1.54, 1.807) is 29.2 Å². The maximum absolute atomic E-state index is 12.5. The van der Waals surface area contributed by atoms with Crippen molar-refractivity contribution in [3.8, 4) is 0 Å². The van der Waals surface area contributed by atoms with E-state index in [0.717, 1.165) is 5.56 Å². The molecule has 134 valence electrons. The van der Waals surface area contributed by atoms with Gasteiger partial charge in [0.15, 0.2) is 0 Å². The summed E-state index contributed by atoms with van der Waals surface area (Å²) < 4.78 is 0. The molecule has 0 unspecified atom stereocenters. The number of carbonyl (C=O) groups is 3. The third-order valence-corrected chi connectivity index (χ3v) is 4.75. The van der Waals surface area contributed by atoms with Crippen molar-refractivity contribution in [2.45, 2.75) is 13.3 Å². The Morgan fingerprint density at radius 2 is 2.00 bits per heavy atom. The molecule has 0 radical (unpaired) electrons. The van der Waals surface area contributed by atoms with Gasteiger partial charge in [-0.3, -0.25) is 9.59 Å². The average Bonchev–Trinajstić information content (AvgIpc) is 2.99. The molecular weight excluding hydrogens is 356 g/mol. The maximum atomic E-state index is 12.5. The largest absolute Gasteiger partial charge is 0.478 e. The van der Waals surface area contributed by atoms with E-state index >= 15 is 0 Å². The Labute approximate surface area is 155 Å². The predicted octanol–water partition coefficient (Wildman–Crippen LogP) is 3.34. The molecule has 1 fully saturated rings. The van der Waals surface area contributed by atoms with Gasteiger partial charge in [-0.15, -0.1) is 0 Å². The zero-order valence-electron chi connectivity index (χ0n) is 14.0. The fourth-order valence-corrected chi connectivity index (χ4v) is 3.03. The van der Waals surface area contributed by atoms with E-state index in [2.05, 4.69) is 5.32 Å². The first-order chi connectivity index (χ1) is 12.3. The molecule has 1 atom stereocenters. The number of amides is 2. The van der Waals surface area contributed by atoms with Gasteiger partial charge >= 0.3 is 5.97 Å². The van der Waals surface area contributed by atoms with Crippen LogP contribution in [-0.2, 0) is 9.59 Å². The van der Waals surface area contributed by atoms with Crippen molar-refractivity contribution in [1.29, 1.82) is 0 Å². The maximum Gasteiger partial charge on any atom is 0.335 e. The first kappa shape index (κ1) is 17.9. The molecule has 0 saturated carbocycles. The van der Waals surface area contributed by atoms with Crippen LogP contribution in [0.4, 0.5) is 11.4 Å². The molecule has 1 saturated heterocycles. The highest BCUT2D eigenvalue weighted by molar-refractivity contribution is 6.31. The smallest absolute Gasteiger partial charge is 0.335 e. The van der Waals surface area contributed by atoms with Gasteiger partial charge in [0.1, 0.15) is 0 Å². The normalized spacial score (nSPS) is 16.6. The van der Waals surface area contributed by atoms with Crippen LogP contribution in [0.3, 0.4) is 0 Å². The SMILES string of the molecule is Cc1ccc(N2C[C@H](C(=O)Nc3cccc(C(=O)O)c3)CC2=O)cc1Cl. The van der Waals surface area contributed by atoms with Gasteiger partial charge in [-0.05, 0) is 42.8 Å². The number of anilines is 2. The number of hydrogen-bond acceptors (Lipinski definition) is 3. The lowest BCUT2D eigenvalue weighted by atomic mass is 10.1. The van der Waals surface area contributed by atoms with E-state index in [1.807, 2.05) is 13.0 Å². The number of halogens is 1. The van der Waals surface area contributed by atoms with Gasteiger partial charge in [-0.2, -0.15) is 0 Å². The quantitative estimate of drug-likeness (QED) is 0.861. The Hall–Kier alpha value is -2.86. The molecule has 2 aromatic rings. The molecule has 2 N–H and O–H groups in total. The zero-order chi connectivity index (χ0) is 18.8. The lowest BCUT2D eigenvalue weighted by Gasteiger charge is -2.17. The zero-order valence-corrected chi connectivity index (χ0v) is 14.8. The third kappa shape index (κ3) is 3.70. The van der Waals surface area contributed by atoms with Crippen molar-refractivity contribution in [2.24, 2.45) is 5.92 Å². The van der Waals surface area contributed by atoms with Crippen LogP contribution >= 0.6 is 11.6 Å². The highest BCUT2D eigenvalue weighted by Crippen LogP contribution is 2.29. The monoisotopic (exact) mass is 372 g/mol. The van der Waals surface area contributed by atoms with Crippen LogP contribution in [0.1, 0.15) is 22.3 Å². The van der Waals surface area contributed by atoms with Crippen LogP contribution in [0.15, 0.2) is 42.5 Å². The van der Waals surface area contributed by atoms with Crippen LogP contribution in [0.2, 0.25) is 5.02 Å². The van der Waals surface area contributed by atoms with E-state index in [0.29, 0.717) is 16.4 Å². The Bertz CT molecular complexity index is 897. The summed E-state index contributed by atoms with van der Waals surface area (Å²) in [6.45, 7) is 2.13. The summed E-state index contributed by atoms with van der Waals surface area (Å²) in [5.74, 6) is -2.05. The van der Waals surface area contributed by atoms with Crippen LogP contribution in [0.25, 0.3) is 0 Å². The highest BCUT2D eigenvalue weighted by Gasteiger charge is 2.35. The fourth-order valence-electron chi connectivity index (χ4n) is 2.86. The van der Waals surface area contributed by atoms with E-state index in [-0.39, 0.29) is 30.3 Å². The summed E-state index contributed by atoms with van der Waals surface area (Å²) in [6.07, 6.45) is 0.0932. The number of benzene rings is 2. The van der Waals surface area contributed by atoms with Crippen molar-refractivity contribution >= 4 is 40.8 Å². The molecule has 0 aliphatic carbocycles. The molecule has 1 aliphatic heterocycles. The second kappa shape index (κ2) is 7.17. The van der Waals surface area contributed by atoms with Crippen molar-refractivity contribution in [1.82, 2.24) is 0 Å². The van der Waals surface area contributed by atoms with Gasteiger partial charge in [0.2, 0.25) is 11.8 Å². The van der Waals surface area contributed by atoms with Gasteiger partial charge < -0.3 is 15.3 Å². The minimum absolute atomic E-state index is 0.0845. The number of nitrogens with zero attached hydrogens (tertiary/aromatic N) is 1. The summed E-state index contributed by atoms with van der Waals surface area (Å²) in [7, 11) is 0. The first-order valence-electron chi connectivity index (χ1n) is 8.06. The summed E-state index contributed by atoms with van der Waals surface area (Å²) in [5.41, 5.74) is 2.05. The van der Waals surface area contributed by atoms with Crippen molar-refractivity contribution in [3.63, 3.8) is 0 Å². The molecule has 0 aromatic heterocycles. The lowest BCUT2D eigenvalue weighted by Crippen LogP contribution is -2.28. The van der Waals surface area contributed by atoms with Crippen molar-refractivity contribution in [3.05, 3.63) is 58.6 Å². The molecule has 7 heteroatoms. The number of hydrogen-bond donors (Lipinski definition) is 2. The molecule has 1 heterocycles. The van der Waals surface area contributed by atoms with E-state index in [1.165, 1.54) is 12.1 Å². The Morgan fingerprint density at radius 1 is 1.23 bits per heavy atom. The second-order valence-corrected chi connectivity index (χ2v) is 6.62. The van der Waals surface area contributed by atoms with Gasteiger partial charge in [-0.1, -0.05) is 23.7 Å². The van der Waals surface area contributed by atoms with E-state index in [9.17, 15) is 14.4 Å². The summed E-state index contributed by atoms with van der Waals surface area (Å²) in [6, 6.07) is 11.3. The lowest BCUT2D eigenvalue weighted by molar-refractivity contribution is -0.122. The van der Waals surface area contributed by atoms with E-state index in [4.69, 9.17) is 16.7 Å². The number of rotatable bonds is 4. The molecule has 2 aromatic carbocycles. The van der Waals surface area contributed by atoms with Gasteiger partial charge in [-0.25, -0.2) is 4.79 Å². The Balaban J connectivity index is 1.71. The number of carboxylic acids is 1. The first-order valence-corrected chi connectivity index (χ1v) is 8.43. The minimum Gasteiger partial charge on any atom is -0.478 e. The molecule has 2 amide bonds. The topological polar surface area (TPSA) is 86.7 Å². The molecule has 1 aliphatic rings. The minimum atomic E-state index is -1.07. The number of carboxylic acid groups (broad SMARTS) is 1. The average molecular weight is 373 g/mol. The predicted molar refractivity (Wildman–Crippen MR) is 98.7 cm³/mol. The van der Waals surface area contributed by atoms with Crippen LogP contribution in [-0.4, -0.2) is 29.4 Å². The molecule has 0 bridgehead atoms. The van der Waals surface area contributed by atoms with Crippen molar-refractivity contribution in [2.75, 3.05) is 16.8 Å². The Kier molecular flexibility index (Phi) is 4.95. The summed E-state index contributed by atoms with van der Waals surface area (Å²) in [5, 5.41) is 12.3. The van der Waals surface area contributed by atoms with Crippen molar-refractivity contribution < 1.29 is 19.5 Å². The third-order valence-electron chi connectivity index (χ3n) is 4.34. The number of aryl methyl sites for hydroxylation is 1. The van der Waals surface area contributed by atoms with Crippen LogP contribution in [0.5, 0.6) is 0 Å². The fraction of sp³-hybridized carbons (Fsp3) is 0.211. The molecule has 6 nitrogen and oxygen atoms in total.